The van der Waals surface area contributed by atoms with Gasteiger partial charge < -0.3 is 14.5 Å². The minimum atomic E-state index is -4.35. The van der Waals surface area contributed by atoms with Crippen molar-refractivity contribution in [3.05, 3.63) is 65.7 Å². The molecule has 3 rings (SSSR count). The number of carbonyl (C=O) groups is 1. The van der Waals surface area contributed by atoms with Gasteiger partial charge in [0.15, 0.2) is 11.9 Å². The topological polar surface area (TPSA) is 93.1 Å². The molecule has 2 aromatic carbocycles. The van der Waals surface area contributed by atoms with E-state index in [2.05, 4.69) is 35.4 Å². The molecule has 1 aliphatic rings. The minimum Gasteiger partial charge on any atom is -0.482 e. The molecule has 0 aromatic heterocycles. The van der Waals surface area contributed by atoms with Crippen molar-refractivity contribution in [3.63, 3.8) is 0 Å². The van der Waals surface area contributed by atoms with E-state index in [0.29, 0.717) is 18.4 Å². The smallest absolute Gasteiger partial charge is 0.469 e. The Morgan fingerprint density at radius 1 is 0.971 bits per heavy atom. The van der Waals surface area contributed by atoms with Crippen molar-refractivity contribution >= 4 is 13.6 Å². The number of benzene rings is 2. The van der Waals surface area contributed by atoms with Crippen LogP contribution in [0.25, 0.3) is 11.1 Å². The number of phosphoric ester groups is 1. The highest BCUT2D eigenvalue weighted by atomic mass is 31.2. The summed E-state index contributed by atoms with van der Waals surface area (Å²) in [4.78, 5) is 30.1. The molecule has 2 aromatic rings. The van der Waals surface area contributed by atoms with Crippen LogP contribution in [0.3, 0.4) is 0 Å². The van der Waals surface area contributed by atoms with Gasteiger partial charge in [0.05, 0.1) is 6.61 Å². The van der Waals surface area contributed by atoms with Gasteiger partial charge in [0, 0.05) is 12.0 Å². The lowest BCUT2D eigenvalue weighted by Gasteiger charge is -2.20. The van der Waals surface area contributed by atoms with Gasteiger partial charge in [0.2, 0.25) is 0 Å². The number of carbonyl (C=O) groups excluding carboxylic acids is 1. The number of ketones is 1. The van der Waals surface area contributed by atoms with Crippen LogP contribution in [0.15, 0.2) is 54.6 Å². The second-order valence-corrected chi connectivity index (χ2v) is 10.2. The molecule has 184 valence electrons. The maximum Gasteiger partial charge on any atom is 0.469 e. The molecule has 0 amide bonds. The van der Waals surface area contributed by atoms with Crippen molar-refractivity contribution in [3.8, 4) is 16.9 Å². The van der Waals surface area contributed by atoms with E-state index in [1.165, 1.54) is 16.7 Å². The van der Waals surface area contributed by atoms with Crippen molar-refractivity contribution < 1.29 is 28.4 Å². The highest BCUT2D eigenvalue weighted by Crippen LogP contribution is 2.41. The molecule has 1 aliphatic carbocycles. The fourth-order valence-corrected chi connectivity index (χ4v) is 4.78. The van der Waals surface area contributed by atoms with E-state index < -0.39 is 13.9 Å². The fraction of sp³-hybridized carbons (Fsp3) is 0.444. The maximum atomic E-state index is 12.8. The molecule has 0 saturated carbocycles. The zero-order valence-electron chi connectivity index (χ0n) is 19.9. The fourth-order valence-electron chi connectivity index (χ4n) is 4.41. The van der Waals surface area contributed by atoms with Crippen molar-refractivity contribution in [1.29, 1.82) is 0 Å². The summed E-state index contributed by atoms with van der Waals surface area (Å²) in [5.41, 5.74) is 5.36. The van der Waals surface area contributed by atoms with Crippen LogP contribution >= 0.6 is 7.82 Å². The number of Topliss-reactive ketones (excluding diaryl/α,β-unsaturated/α-hetero) is 1. The van der Waals surface area contributed by atoms with Crippen LogP contribution in [0, 0.1) is 0 Å². The molecule has 6 nitrogen and oxygen atoms in total. The zero-order valence-corrected chi connectivity index (χ0v) is 20.8. The van der Waals surface area contributed by atoms with Gasteiger partial charge in [0.1, 0.15) is 5.75 Å². The summed E-state index contributed by atoms with van der Waals surface area (Å²) in [6, 6.07) is 14.4. The predicted octanol–water partition coefficient (Wildman–Crippen LogP) is 6.38. The van der Waals surface area contributed by atoms with Crippen LogP contribution in [0.4, 0.5) is 0 Å². The van der Waals surface area contributed by atoms with E-state index in [1.807, 2.05) is 18.2 Å². The van der Waals surface area contributed by atoms with Crippen molar-refractivity contribution in [2.24, 2.45) is 0 Å². The lowest BCUT2D eigenvalue weighted by atomic mass is 10.0. The van der Waals surface area contributed by atoms with Crippen molar-refractivity contribution in [2.75, 3.05) is 6.61 Å². The SMILES string of the molecule is C=C(C)C(=O)C(CCCCCCCCCOP(=O)(O)O)Oc1cccc2c1Cc1ccccc1-2. The van der Waals surface area contributed by atoms with Crippen LogP contribution in [0.2, 0.25) is 0 Å². The lowest BCUT2D eigenvalue weighted by Crippen LogP contribution is -2.28. The molecule has 0 radical (unpaired) electrons. The molecule has 0 spiro atoms. The van der Waals surface area contributed by atoms with E-state index in [9.17, 15) is 9.36 Å². The van der Waals surface area contributed by atoms with Gasteiger partial charge in [-0.3, -0.25) is 9.32 Å². The second kappa shape index (κ2) is 12.5. The molecule has 0 saturated heterocycles. The Bertz CT molecular complexity index is 1040. The minimum absolute atomic E-state index is 0.0434. The summed E-state index contributed by atoms with van der Waals surface area (Å²) >= 11 is 0. The Morgan fingerprint density at radius 2 is 1.62 bits per heavy atom. The van der Waals surface area contributed by atoms with Crippen molar-refractivity contribution in [2.45, 2.75) is 70.8 Å². The molecule has 0 aliphatic heterocycles. The molecular weight excluding hydrogens is 451 g/mol. The monoisotopic (exact) mass is 486 g/mol. The molecule has 0 fully saturated rings. The Kier molecular flexibility index (Phi) is 9.66. The summed E-state index contributed by atoms with van der Waals surface area (Å²) in [5, 5.41) is 0. The number of phosphoric acid groups is 1. The van der Waals surface area contributed by atoms with Crippen LogP contribution in [-0.4, -0.2) is 28.3 Å². The molecule has 0 bridgehead atoms. The molecule has 0 heterocycles. The highest BCUT2D eigenvalue weighted by molar-refractivity contribution is 7.46. The third kappa shape index (κ3) is 7.64. The number of fused-ring (bicyclic) bond motifs is 3. The van der Waals surface area contributed by atoms with Crippen LogP contribution in [0.5, 0.6) is 5.75 Å². The first-order chi connectivity index (χ1) is 16.3. The summed E-state index contributed by atoms with van der Waals surface area (Å²) in [6.45, 7) is 5.66. The van der Waals surface area contributed by atoms with E-state index in [0.717, 1.165) is 56.3 Å². The van der Waals surface area contributed by atoms with Crippen LogP contribution < -0.4 is 4.74 Å². The molecule has 7 heteroatoms. The van der Waals surface area contributed by atoms with E-state index in [-0.39, 0.29) is 12.4 Å². The number of unbranched alkanes of at least 4 members (excludes halogenated alkanes) is 6. The average molecular weight is 487 g/mol. The largest absolute Gasteiger partial charge is 0.482 e. The van der Waals surface area contributed by atoms with Gasteiger partial charge in [-0.1, -0.05) is 75.1 Å². The molecule has 2 N–H and O–H groups in total. The Morgan fingerprint density at radius 3 is 2.32 bits per heavy atom. The lowest BCUT2D eigenvalue weighted by molar-refractivity contribution is -0.122. The third-order valence-electron chi connectivity index (χ3n) is 6.16. The quantitative estimate of drug-likeness (QED) is 0.147. The number of ether oxygens (including phenoxy) is 1. The number of rotatable bonds is 15. The van der Waals surface area contributed by atoms with E-state index in [1.54, 1.807) is 6.92 Å². The summed E-state index contributed by atoms with van der Waals surface area (Å²) in [5.74, 6) is 0.740. The van der Waals surface area contributed by atoms with Gasteiger partial charge in [-0.2, -0.15) is 0 Å². The Labute approximate surface area is 202 Å². The Balaban J connectivity index is 1.47. The number of hydrogen-bond acceptors (Lipinski definition) is 4. The van der Waals surface area contributed by atoms with Crippen LogP contribution in [0.1, 0.15) is 69.4 Å². The van der Waals surface area contributed by atoms with Gasteiger partial charge in [-0.05, 0) is 54.5 Å². The first-order valence-corrected chi connectivity index (χ1v) is 13.6. The number of hydrogen-bond donors (Lipinski definition) is 2. The molecule has 1 unspecified atom stereocenters. The summed E-state index contributed by atoms with van der Waals surface area (Å²) in [7, 11) is -4.35. The molecule has 1 atom stereocenters. The second-order valence-electron chi connectivity index (χ2n) is 8.95. The first-order valence-electron chi connectivity index (χ1n) is 12.0. The van der Waals surface area contributed by atoms with Crippen molar-refractivity contribution in [1.82, 2.24) is 0 Å². The first kappa shape index (κ1) is 26.4. The Hall–Kier alpha value is -2.24. The van der Waals surface area contributed by atoms with Crippen LogP contribution in [-0.2, 0) is 20.3 Å². The van der Waals surface area contributed by atoms with Gasteiger partial charge in [-0.25, -0.2) is 4.57 Å². The summed E-state index contributed by atoms with van der Waals surface area (Å²) in [6.07, 6.45) is 7.42. The zero-order chi connectivity index (χ0) is 24.6. The van der Waals surface area contributed by atoms with E-state index >= 15 is 0 Å². The highest BCUT2D eigenvalue weighted by Gasteiger charge is 2.25. The third-order valence-corrected chi connectivity index (χ3v) is 6.68. The normalized spacial score (nSPS) is 13.3. The average Bonchev–Trinajstić information content (AvgIpc) is 3.18. The molecule has 34 heavy (non-hydrogen) atoms. The van der Waals surface area contributed by atoms with Gasteiger partial charge in [0.25, 0.3) is 0 Å². The van der Waals surface area contributed by atoms with Gasteiger partial charge >= 0.3 is 7.82 Å². The van der Waals surface area contributed by atoms with Gasteiger partial charge in [-0.15, -0.1) is 0 Å². The molecular formula is C27H35O6P. The maximum absolute atomic E-state index is 12.8. The predicted molar refractivity (Wildman–Crippen MR) is 134 cm³/mol. The standard InChI is InChI=1S/C27H35O6P/c1-20(2)27(28)26(16-8-6-4-3-5-7-11-18-32-34(29,30)31)33-25-17-12-15-23-22-14-10-9-13-21(22)19-24(23)25/h9-10,12-15,17,26H,1,3-8,11,16,18-19H2,2H3,(H2,29,30,31). The summed E-state index contributed by atoms with van der Waals surface area (Å²) < 4.78 is 21.4. The van der Waals surface area contributed by atoms with E-state index in [4.69, 9.17) is 14.5 Å².